The average molecular weight is 201 g/mol. The van der Waals surface area contributed by atoms with E-state index in [2.05, 4.69) is 0 Å². The first-order chi connectivity index (χ1) is 6.04. The standard InChI is InChI=1S/C8H11NO3S/c1-4(10)6(9)5-2-3-13-7(5)8(11)12/h2-4,6,10H,9H2,1H3,(H,11,12)/t4-,6-/m1/s1. The predicted molar refractivity (Wildman–Crippen MR) is 49.9 cm³/mol. The van der Waals surface area contributed by atoms with Crippen LogP contribution in [0.5, 0.6) is 0 Å². The van der Waals surface area contributed by atoms with Crippen molar-refractivity contribution in [2.75, 3.05) is 0 Å². The number of carboxylic acid groups (broad SMARTS) is 1. The molecule has 0 fully saturated rings. The summed E-state index contributed by atoms with van der Waals surface area (Å²) in [6.45, 7) is 1.54. The smallest absolute Gasteiger partial charge is 0.346 e. The Labute approximate surface area is 79.6 Å². The fourth-order valence-electron chi connectivity index (χ4n) is 1.02. The molecule has 0 radical (unpaired) electrons. The number of carboxylic acids is 1. The molecule has 0 aromatic carbocycles. The molecule has 0 bridgehead atoms. The molecule has 4 nitrogen and oxygen atoms in total. The van der Waals surface area contributed by atoms with Crippen LogP contribution in [-0.2, 0) is 0 Å². The van der Waals surface area contributed by atoms with Crippen molar-refractivity contribution in [2.24, 2.45) is 5.73 Å². The van der Waals surface area contributed by atoms with Gasteiger partial charge in [-0.25, -0.2) is 4.79 Å². The highest BCUT2D eigenvalue weighted by molar-refractivity contribution is 7.12. The Balaban J connectivity index is 3.00. The van der Waals surface area contributed by atoms with E-state index in [0.717, 1.165) is 11.3 Å². The van der Waals surface area contributed by atoms with Crippen LogP contribution in [0.3, 0.4) is 0 Å². The van der Waals surface area contributed by atoms with Crippen molar-refractivity contribution in [2.45, 2.75) is 19.1 Å². The molecule has 1 heterocycles. The number of aliphatic hydroxyl groups is 1. The molecular weight excluding hydrogens is 190 g/mol. The summed E-state index contributed by atoms with van der Waals surface area (Å²) in [5, 5.41) is 19.6. The molecule has 0 aliphatic heterocycles. The minimum absolute atomic E-state index is 0.202. The first-order valence-corrected chi connectivity index (χ1v) is 4.66. The van der Waals surface area contributed by atoms with Crippen molar-refractivity contribution in [3.8, 4) is 0 Å². The second-order valence-corrected chi connectivity index (χ2v) is 3.69. The van der Waals surface area contributed by atoms with E-state index in [1.165, 1.54) is 6.92 Å². The fraction of sp³-hybridized carbons (Fsp3) is 0.375. The van der Waals surface area contributed by atoms with Crippen LogP contribution in [0.25, 0.3) is 0 Å². The lowest BCUT2D eigenvalue weighted by Gasteiger charge is -2.13. The number of carbonyl (C=O) groups is 1. The molecule has 4 N–H and O–H groups in total. The van der Waals surface area contributed by atoms with Gasteiger partial charge in [0.2, 0.25) is 0 Å². The van der Waals surface area contributed by atoms with Gasteiger partial charge in [0.05, 0.1) is 12.1 Å². The molecule has 0 aliphatic rings. The molecule has 13 heavy (non-hydrogen) atoms. The molecule has 0 saturated carbocycles. The van der Waals surface area contributed by atoms with Crippen LogP contribution in [0.15, 0.2) is 11.4 Å². The summed E-state index contributed by atoms with van der Waals surface area (Å²) in [5.74, 6) is -0.999. The van der Waals surface area contributed by atoms with Gasteiger partial charge < -0.3 is 15.9 Å². The zero-order chi connectivity index (χ0) is 10.0. The van der Waals surface area contributed by atoms with E-state index in [-0.39, 0.29) is 4.88 Å². The van der Waals surface area contributed by atoms with E-state index in [9.17, 15) is 9.90 Å². The van der Waals surface area contributed by atoms with Gasteiger partial charge in [0, 0.05) is 0 Å². The molecule has 1 aromatic rings. The number of thiophene rings is 1. The zero-order valence-corrected chi connectivity index (χ0v) is 7.91. The minimum Gasteiger partial charge on any atom is -0.477 e. The number of nitrogens with two attached hydrogens (primary N) is 1. The van der Waals surface area contributed by atoms with Gasteiger partial charge in [0.25, 0.3) is 0 Å². The van der Waals surface area contributed by atoms with Crippen molar-refractivity contribution < 1.29 is 15.0 Å². The highest BCUT2D eigenvalue weighted by Gasteiger charge is 2.20. The van der Waals surface area contributed by atoms with Crippen LogP contribution < -0.4 is 5.73 Å². The van der Waals surface area contributed by atoms with Crippen molar-refractivity contribution in [1.29, 1.82) is 0 Å². The second-order valence-electron chi connectivity index (χ2n) is 2.78. The van der Waals surface area contributed by atoms with E-state index in [0.29, 0.717) is 5.56 Å². The lowest BCUT2D eigenvalue weighted by molar-refractivity contribution is 0.0699. The van der Waals surface area contributed by atoms with Gasteiger partial charge >= 0.3 is 5.97 Å². The summed E-state index contributed by atoms with van der Waals surface area (Å²) in [6, 6.07) is 1.00. The molecule has 0 unspecified atom stereocenters. The van der Waals surface area contributed by atoms with Crippen molar-refractivity contribution in [1.82, 2.24) is 0 Å². The number of aromatic carboxylic acids is 1. The maximum atomic E-state index is 10.7. The van der Waals surface area contributed by atoms with E-state index in [1.54, 1.807) is 11.4 Å². The Kier molecular flexibility index (Phi) is 3.02. The van der Waals surface area contributed by atoms with Crippen LogP contribution in [0.4, 0.5) is 0 Å². The lowest BCUT2D eigenvalue weighted by Crippen LogP contribution is -2.24. The Bertz CT molecular complexity index is 308. The average Bonchev–Trinajstić information content (AvgIpc) is 2.50. The molecule has 72 valence electrons. The molecule has 1 rings (SSSR count). The summed E-state index contributed by atoms with van der Waals surface area (Å²) >= 11 is 1.11. The molecule has 2 atom stereocenters. The maximum absolute atomic E-state index is 10.7. The number of aliphatic hydroxyl groups excluding tert-OH is 1. The van der Waals surface area contributed by atoms with Gasteiger partial charge in [-0.2, -0.15) is 0 Å². The largest absolute Gasteiger partial charge is 0.477 e. The molecule has 1 aromatic heterocycles. The SMILES string of the molecule is C[C@@H](O)[C@@H](N)c1ccsc1C(=O)O. The number of hydrogen-bond acceptors (Lipinski definition) is 4. The highest BCUT2D eigenvalue weighted by atomic mass is 32.1. The van der Waals surface area contributed by atoms with Crippen LogP contribution >= 0.6 is 11.3 Å². The van der Waals surface area contributed by atoms with Crippen LogP contribution in [0, 0.1) is 0 Å². The molecule has 0 amide bonds. The third-order valence-corrected chi connectivity index (χ3v) is 2.69. The Hall–Kier alpha value is -0.910. The quantitative estimate of drug-likeness (QED) is 0.676. The Morgan fingerprint density at radius 1 is 1.69 bits per heavy atom. The van der Waals surface area contributed by atoms with Gasteiger partial charge in [0.15, 0.2) is 0 Å². The Morgan fingerprint density at radius 2 is 2.31 bits per heavy atom. The number of hydrogen-bond donors (Lipinski definition) is 3. The third kappa shape index (κ3) is 2.06. The van der Waals surface area contributed by atoms with Crippen LogP contribution in [0.1, 0.15) is 28.2 Å². The summed E-state index contributed by atoms with van der Waals surface area (Å²) < 4.78 is 0. The van der Waals surface area contributed by atoms with E-state index in [4.69, 9.17) is 10.8 Å². The van der Waals surface area contributed by atoms with Gasteiger partial charge in [-0.15, -0.1) is 11.3 Å². The monoisotopic (exact) mass is 201 g/mol. The summed E-state index contributed by atoms with van der Waals surface area (Å²) in [4.78, 5) is 10.9. The lowest BCUT2D eigenvalue weighted by atomic mass is 10.0. The normalized spacial score (nSPS) is 15.3. The first-order valence-electron chi connectivity index (χ1n) is 3.78. The van der Waals surface area contributed by atoms with E-state index < -0.39 is 18.1 Å². The van der Waals surface area contributed by atoms with Crippen LogP contribution in [0.2, 0.25) is 0 Å². The first kappa shape index (κ1) is 10.2. The van der Waals surface area contributed by atoms with Gasteiger partial charge in [-0.05, 0) is 23.9 Å². The fourth-order valence-corrected chi connectivity index (χ4v) is 1.81. The Morgan fingerprint density at radius 3 is 2.77 bits per heavy atom. The minimum atomic E-state index is -0.999. The third-order valence-electron chi connectivity index (χ3n) is 1.77. The van der Waals surface area contributed by atoms with E-state index in [1.807, 2.05) is 0 Å². The summed E-state index contributed by atoms with van der Waals surface area (Å²) in [5.41, 5.74) is 6.11. The van der Waals surface area contributed by atoms with Crippen molar-refractivity contribution in [3.63, 3.8) is 0 Å². The molecule has 5 heteroatoms. The second kappa shape index (κ2) is 3.87. The summed E-state index contributed by atoms with van der Waals surface area (Å²) in [7, 11) is 0. The maximum Gasteiger partial charge on any atom is 0.346 e. The van der Waals surface area contributed by atoms with Gasteiger partial charge in [-0.1, -0.05) is 0 Å². The van der Waals surface area contributed by atoms with Crippen molar-refractivity contribution in [3.05, 3.63) is 21.9 Å². The van der Waals surface area contributed by atoms with Gasteiger partial charge in [0.1, 0.15) is 4.88 Å². The summed E-state index contributed by atoms with van der Waals surface area (Å²) in [6.07, 6.45) is -0.743. The zero-order valence-electron chi connectivity index (χ0n) is 7.10. The molecular formula is C8H11NO3S. The number of rotatable bonds is 3. The predicted octanol–water partition coefficient (Wildman–Crippen LogP) is 0.827. The highest BCUT2D eigenvalue weighted by Crippen LogP contribution is 2.24. The van der Waals surface area contributed by atoms with Crippen LogP contribution in [-0.4, -0.2) is 22.3 Å². The molecule has 0 saturated heterocycles. The topological polar surface area (TPSA) is 83.5 Å². The molecule has 0 spiro atoms. The van der Waals surface area contributed by atoms with E-state index >= 15 is 0 Å². The van der Waals surface area contributed by atoms with Gasteiger partial charge in [-0.3, -0.25) is 0 Å². The van der Waals surface area contributed by atoms with Crippen molar-refractivity contribution >= 4 is 17.3 Å². The molecule has 0 aliphatic carbocycles.